The quantitative estimate of drug-likeness (QED) is 0.411. The van der Waals surface area contributed by atoms with Gasteiger partial charge in [-0.3, -0.25) is 14.0 Å². The lowest BCUT2D eigenvalue weighted by Crippen LogP contribution is -2.49. The molecule has 35 heavy (non-hydrogen) atoms. The van der Waals surface area contributed by atoms with E-state index in [9.17, 15) is 9.59 Å². The second-order valence-corrected chi connectivity index (χ2v) is 10.7. The molecule has 182 valence electrons. The number of methoxy groups -OCH3 is 1. The van der Waals surface area contributed by atoms with Crippen molar-refractivity contribution in [1.82, 2.24) is 24.6 Å². The minimum atomic E-state index is -0.169. The third-order valence-electron chi connectivity index (χ3n) is 6.31. The van der Waals surface area contributed by atoms with Crippen molar-refractivity contribution in [3.8, 4) is 17.0 Å². The Labute approximate surface area is 211 Å². The van der Waals surface area contributed by atoms with Crippen molar-refractivity contribution in [3.05, 3.63) is 57.1 Å². The molecule has 4 aromatic rings. The minimum Gasteiger partial charge on any atom is -0.497 e. The molecule has 1 aliphatic heterocycles. The van der Waals surface area contributed by atoms with Crippen LogP contribution in [0.3, 0.4) is 0 Å². The predicted octanol–water partition coefficient (Wildman–Crippen LogP) is 4.57. The number of benzene rings is 1. The Kier molecular flexibility index (Phi) is 6.57. The SMILES string of the molecule is COc1cccc(-c2nc(C)sc2C(=O)N2CCCC[C@H]2CNC(=O)c2c(C)nc3sccn23)c1. The number of carbonyl (C=O) groups is 2. The summed E-state index contributed by atoms with van der Waals surface area (Å²) >= 11 is 2.91. The van der Waals surface area contributed by atoms with Crippen LogP contribution in [0.4, 0.5) is 0 Å². The molecule has 0 aliphatic carbocycles. The van der Waals surface area contributed by atoms with Gasteiger partial charge in [-0.2, -0.15) is 0 Å². The average molecular weight is 510 g/mol. The van der Waals surface area contributed by atoms with E-state index in [1.54, 1.807) is 7.11 Å². The van der Waals surface area contributed by atoms with E-state index in [2.05, 4.69) is 15.3 Å². The minimum absolute atomic E-state index is 0.0341. The number of aromatic nitrogens is 3. The maximum atomic E-state index is 13.8. The van der Waals surface area contributed by atoms with Crippen LogP contribution in [0.1, 0.15) is 50.1 Å². The van der Waals surface area contributed by atoms with Gasteiger partial charge in [0.25, 0.3) is 11.8 Å². The first-order chi connectivity index (χ1) is 17.0. The van der Waals surface area contributed by atoms with Crippen molar-refractivity contribution in [2.45, 2.75) is 39.2 Å². The fraction of sp³-hybridized carbons (Fsp3) is 0.360. The van der Waals surface area contributed by atoms with Gasteiger partial charge in [-0.15, -0.1) is 22.7 Å². The number of thiazole rings is 2. The summed E-state index contributed by atoms with van der Waals surface area (Å²) < 4.78 is 7.19. The fourth-order valence-electron chi connectivity index (χ4n) is 4.61. The highest BCUT2D eigenvalue weighted by Gasteiger charge is 2.31. The second-order valence-electron chi connectivity index (χ2n) is 8.60. The monoisotopic (exact) mass is 509 g/mol. The Bertz CT molecular complexity index is 1390. The van der Waals surface area contributed by atoms with Crippen LogP contribution < -0.4 is 10.1 Å². The van der Waals surface area contributed by atoms with Crippen LogP contribution >= 0.6 is 22.7 Å². The van der Waals surface area contributed by atoms with E-state index in [4.69, 9.17) is 4.74 Å². The molecule has 1 N–H and O–H groups in total. The lowest BCUT2D eigenvalue weighted by Gasteiger charge is -2.35. The summed E-state index contributed by atoms with van der Waals surface area (Å²) in [7, 11) is 1.62. The molecule has 0 spiro atoms. The number of aryl methyl sites for hydroxylation is 2. The van der Waals surface area contributed by atoms with Crippen LogP contribution in [0.15, 0.2) is 35.8 Å². The number of hydrogen-bond donors (Lipinski definition) is 1. The highest BCUT2D eigenvalue weighted by molar-refractivity contribution is 7.15. The molecule has 1 fully saturated rings. The number of piperidine rings is 1. The molecule has 1 aliphatic rings. The van der Waals surface area contributed by atoms with Crippen molar-refractivity contribution in [1.29, 1.82) is 0 Å². The zero-order valence-corrected chi connectivity index (χ0v) is 21.5. The average Bonchev–Trinajstić information content (AvgIpc) is 3.56. The van der Waals surface area contributed by atoms with Crippen molar-refractivity contribution in [3.63, 3.8) is 0 Å². The smallest absolute Gasteiger partial charge is 0.270 e. The molecule has 3 aromatic heterocycles. The maximum Gasteiger partial charge on any atom is 0.270 e. The van der Waals surface area contributed by atoms with Gasteiger partial charge in [0.1, 0.15) is 16.3 Å². The van der Waals surface area contributed by atoms with Gasteiger partial charge in [0.2, 0.25) is 0 Å². The van der Waals surface area contributed by atoms with Gasteiger partial charge in [-0.1, -0.05) is 12.1 Å². The largest absolute Gasteiger partial charge is 0.497 e. The molecule has 10 heteroatoms. The summed E-state index contributed by atoms with van der Waals surface area (Å²) in [4.78, 5) is 39.3. The van der Waals surface area contributed by atoms with Gasteiger partial charge in [0, 0.05) is 36.3 Å². The molecular weight excluding hydrogens is 482 g/mol. The Balaban J connectivity index is 1.36. The van der Waals surface area contributed by atoms with Gasteiger partial charge >= 0.3 is 0 Å². The number of nitrogens with one attached hydrogen (secondary N) is 1. The van der Waals surface area contributed by atoms with Gasteiger partial charge < -0.3 is 15.0 Å². The molecule has 2 amide bonds. The van der Waals surface area contributed by atoms with Crippen LogP contribution in [-0.2, 0) is 0 Å². The van der Waals surface area contributed by atoms with Crippen LogP contribution in [0.2, 0.25) is 0 Å². The molecule has 0 saturated carbocycles. The number of amides is 2. The highest BCUT2D eigenvalue weighted by Crippen LogP contribution is 2.32. The van der Waals surface area contributed by atoms with E-state index in [1.807, 2.05) is 59.0 Å². The van der Waals surface area contributed by atoms with Gasteiger partial charge in [-0.05, 0) is 45.2 Å². The van der Waals surface area contributed by atoms with Crippen molar-refractivity contribution in [2.75, 3.05) is 20.2 Å². The van der Waals surface area contributed by atoms with E-state index in [0.717, 1.165) is 40.5 Å². The molecule has 0 radical (unpaired) electrons. The van der Waals surface area contributed by atoms with Gasteiger partial charge in [-0.25, -0.2) is 9.97 Å². The summed E-state index contributed by atoms with van der Waals surface area (Å²) in [5.74, 6) is 0.519. The molecule has 1 saturated heterocycles. The molecule has 0 bridgehead atoms. The van der Waals surface area contributed by atoms with Crippen molar-refractivity contribution in [2.24, 2.45) is 0 Å². The van der Waals surface area contributed by atoms with Crippen LogP contribution in [0, 0.1) is 13.8 Å². The first-order valence-electron chi connectivity index (χ1n) is 11.6. The third kappa shape index (κ3) is 4.55. The number of imidazole rings is 1. The second kappa shape index (κ2) is 9.79. The number of ether oxygens (including phenoxy) is 1. The molecule has 8 nitrogen and oxygen atoms in total. The normalized spacial score (nSPS) is 16.0. The number of rotatable bonds is 6. The number of nitrogens with zero attached hydrogens (tertiary/aromatic N) is 4. The standard InChI is InChI=1S/C25H27N5O3S2/c1-15-21(30-11-12-34-25(30)27-15)23(31)26-14-18-8-4-5-10-29(18)24(32)22-20(28-16(2)35-22)17-7-6-9-19(13-17)33-3/h6-7,9,11-13,18H,4-5,8,10,14H2,1-3H3,(H,26,31)/t18-/m0/s1. The van der Waals surface area contributed by atoms with E-state index < -0.39 is 0 Å². The highest BCUT2D eigenvalue weighted by atomic mass is 32.1. The Morgan fingerprint density at radius 3 is 2.91 bits per heavy atom. The fourth-order valence-corrected chi connectivity index (χ4v) is 6.27. The van der Waals surface area contributed by atoms with Crippen LogP contribution in [0.5, 0.6) is 5.75 Å². The number of fused-ring (bicyclic) bond motifs is 1. The van der Waals surface area contributed by atoms with Crippen molar-refractivity contribution >= 4 is 39.4 Å². The summed E-state index contributed by atoms with van der Waals surface area (Å²) in [6, 6.07) is 7.55. The van der Waals surface area contributed by atoms with Gasteiger partial charge in [0.05, 0.1) is 23.5 Å². The Morgan fingerprint density at radius 2 is 2.09 bits per heavy atom. The molecule has 5 rings (SSSR count). The van der Waals surface area contributed by atoms with Crippen LogP contribution in [0.25, 0.3) is 16.2 Å². The van der Waals surface area contributed by atoms with Crippen LogP contribution in [-0.4, -0.2) is 57.3 Å². The van der Waals surface area contributed by atoms with E-state index >= 15 is 0 Å². The van der Waals surface area contributed by atoms with Crippen molar-refractivity contribution < 1.29 is 14.3 Å². The van der Waals surface area contributed by atoms with E-state index in [-0.39, 0.29) is 17.9 Å². The first kappa shape index (κ1) is 23.5. The number of carbonyl (C=O) groups excluding carboxylic acids is 2. The zero-order valence-electron chi connectivity index (χ0n) is 19.9. The summed E-state index contributed by atoms with van der Waals surface area (Å²) in [5, 5.41) is 5.81. The first-order valence-corrected chi connectivity index (χ1v) is 13.3. The van der Waals surface area contributed by atoms with E-state index in [1.165, 1.54) is 22.7 Å². The molecule has 4 heterocycles. The predicted molar refractivity (Wildman–Crippen MR) is 138 cm³/mol. The topological polar surface area (TPSA) is 88.8 Å². The summed E-state index contributed by atoms with van der Waals surface area (Å²) in [6.45, 7) is 4.82. The Morgan fingerprint density at radius 1 is 1.23 bits per heavy atom. The number of hydrogen-bond acceptors (Lipinski definition) is 7. The van der Waals surface area contributed by atoms with E-state index in [0.29, 0.717) is 35.0 Å². The van der Waals surface area contributed by atoms with Gasteiger partial charge in [0.15, 0.2) is 4.96 Å². The molecule has 1 atom stereocenters. The third-order valence-corrected chi connectivity index (χ3v) is 8.02. The Hall–Kier alpha value is -3.24. The lowest BCUT2D eigenvalue weighted by atomic mass is 10.0. The molecule has 0 unspecified atom stereocenters. The zero-order chi connectivity index (χ0) is 24.5. The summed E-state index contributed by atoms with van der Waals surface area (Å²) in [6.07, 6.45) is 4.67. The summed E-state index contributed by atoms with van der Waals surface area (Å²) in [5.41, 5.74) is 2.79. The molecular formula is C25H27N5O3S2. The lowest BCUT2D eigenvalue weighted by molar-refractivity contribution is 0.0607. The maximum absolute atomic E-state index is 13.8. The molecule has 1 aromatic carbocycles. The number of likely N-dealkylation sites (tertiary alicyclic amines) is 1.